The average molecular weight is 214 g/mol. The fourth-order valence-corrected chi connectivity index (χ4v) is 1.01. The molecule has 0 aliphatic heterocycles. The third kappa shape index (κ3) is 6.89. The predicted octanol–water partition coefficient (Wildman–Crippen LogP) is 0.0514. The molecule has 0 heterocycles. The van der Waals surface area contributed by atoms with Crippen molar-refractivity contribution in [3.05, 3.63) is 0 Å². The van der Waals surface area contributed by atoms with E-state index in [4.69, 9.17) is 15.1 Å². The summed E-state index contributed by atoms with van der Waals surface area (Å²) < 4.78 is 5.01. The molecule has 5 nitrogen and oxygen atoms in total. The molecule has 86 valence electrons. The SMILES string of the molecule is CCC(C#N)C(=O)NCCCOCCO. The Hall–Kier alpha value is -1.12. The first-order valence-electron chi connectivity index (χ1n) is 5.12. The third-order valence-electron chi connectivity index (χ3n) is 1.88. The van der Waals surface area contributed by atoms with E-state index in [2.05, 4.69) is 5.32 Å². The highest BCUT2D eigenvalue weighted by Crippen LogP contribution is 1.99. The molecule has 0 aliphatic carbocycles. The molecule has 0 bridgehead atoms. The molecule has 2 N–H and O–H groups in total. The standard InChI is InChI=1S/C10H18N2O3/c1-2-9(8-11)10(14)12-4-3-6-15-7-5-13/h9,13H,2-7H2,1H3,(H,12,14). The van der Waals surface area contributed by atoms with Crippen LogP contribution in [0.3, 0.4) is 0 Å². The van der Waals surface area contributed by atoms with Crippen molar-refractivity contribution in [3.8, 4) is 6.07 Å². The number of aliphatic hydroxyl groups is 1. The molecule has 1 amide bonds. The number of amides is 1. The minimum Gasteiger partial charge on any atom is -0.394 e. The number of hydrogen-bond acceptors (Lipinski definition) is 4. The summed E-state index contributed by atoms with van der Waals surface area (Å²) in [4.78, 5) is 11.3. The fourth-order valence-electron chi connectivity index (χ4n) is 1.01. The highest BCUT2D eigenvalue weighted by molar-refractivity contribution is 5.80. The zero-order valence-electron chi connectivity index (χ0n) is 9.03. The monoisotopic (exact) mass is 214 g/mol. The summed E-state index contributed by atoms with van der Waals surface area (Å²) >= 11 is 0. The van der Waals surface area contributed by atoms with E-state index in [1.54, 1.807) is 6.92 Å². The van der Waals surface area contributed by atoms with Crippen LogP contribution in [0, 0.1) is 17.2 Å². The fraction of sp³-hybridized carbons (Fsp3) is 0.800. The number of nitrogens with zero attached hydrogens (tertiary/aromatic N) is 1. The highest BCUT2D eigenvalue weighted by Gasteiger charge is 2.13. The maximum Gasteiger partial charge on any atom is 0.237 e. The molecular weight excluding hydrogens is 196 g/mol. The molecule has 0 radical (unpaired) electrons. The van der Waals surface area contributed by atoms with Gasteiger partial charge >= 0.3 is 0 Å². The summed E-state index contributed by atoms with van der Waals surface area (Å²) in [7, 11) is 0. The lowest BCUT2D eigenvalue weighted by Gasteiger charge is -2.07. The Balaban J connectivity index is 3.43. The Morgan fingerprint density at radius 2 is 2.33 bits per heavy atom. The first kappa shape index (κ1) is 13.9. The van der Waals surface area contributed by atoms with Crippen LogP contribution in [0.2, 0.25) is 0 Å². The van der Waals surface area contributed by atoms with Crippen molar-refractivity contribution in [2.45, 2.75) is 19.8 Å². The van der Waals surface area contributed by atoms with E-state index in [1.807, 2.05) is 6.07 Å². The lowest BCUT2D eigenvalue weighted by Crippen LogP contribution is -2.31. The van der Waals surface area contributed by atoms with Crippen LogP contribution in [0.15, 0.2) is 0 Å². The van der Waals surface area contributed by atoms with Crippen LogP contribution >= 0.6 is 0 Å². The van der Waals surface area contributed by atoms with Gasteiger partial charge in [-0.25, -0.2) is 0 Å². The minimum absolute atomic E-state index is 0.0126. The number of rotatable bonds is 8. The zero-order chi connectivity index (χ0) is 11.5. The van der Waals surface area contributed by atoms with Gasteiger partial charge in [0.15, 0.2) is 0 Å². The molecule has 1 atom stereocenters. The van der Waals surface area contributed by atoms with Crippen LogP contribution in [0.4, 0.5) is 0 Å². The van der Waals surface area contributed by atoms with Crippen LogP contribution in [-0.4, -0.2) is 37.4 Å². The van der Waals surface area contributed by atoms with Gasteiger partial charge in [-0.1, -0.05) is 6.92 Å². The quantitative estimate of drug-likeness (QED) is 0.559. The Morgan fingerprint density at radius 1 is 1.60 bits per heavy atom. The van der Waals surface area contributed by atoms with E-state index < -0.39 is 5.92 Å². The molecule has 0 saturated heterocycles. The highest BCUT2D eigenvalue weighted by atomic mass is 16.5. The van der Waals surface area contributed by atoms with E-state index in [0.717, 1.165) is 0 Å². The van der Waals surface area contributed by atoms with Crippen molar-refractivity contribution >= 4 is 5.91 Å². The van der Waals surface area contributed by atoms with Gasteiger partial charge in [0.05, 0.1) is 19.3 Å². The average Bonchev–Trinajstić information content (AvgIpc) is 2.25. The van der Waals surface area contributed by atoms with E-state index in [9.17, 15) is 4.79 Å². The summed E-state index contributed by atoms with van der Waals surface area (Å²) in [5.74, 6) is -0.773. The van der Waals surface area contributed by atoms with Crippen LogP contribution in [0.1, 0.15) is 19.8 Å². The normalized spacial score (nSPS) is 11.8. The molecule has 1 unspecified atom stereocenters. The second-order valence-corrected chi connectivity index (χ2v) is 3.07. The summed E-state index contributed by atoms with van der Waals surface area (Å²) in [6.45, 7) is 3.15. The van der Waals surface area contributed by atoms with Gasteiger partial charge in [0.1, 0.15) is 5.92 Å². The van der Waals surface area contributed by atoms with Crippen LogP contribution in [0.25, 0.3) is 0 Å². The molecule has 0 aromatic heterocycles. The van der Waals surface area contributed by atoms with E-state index in [1.165, 1.54) is 0 Å². The van der Waals surface area contributed by atoms with Gasteiger partial charge in [-0.15, -0.1) is 0 Å². The third-order valence-corrected chi connectivity index (χ3v) is 1.88. The molecule has 0 aliphatic rings. The zero-order valence-corrected chi connectivity index (χ0v) is 9.03. The van der Waals surface area contributed by atoms with Crippen molar-refractivity contribution in [1.29, 1.82) is 5.26 Å². The maximum atomic E-state index is 11.3. The van der Waals surface area contributed by atoms with Gasteiger partial charge < -0.3 is 15.2 Å². The second kappa shape index (κ2) is 9.44. The number of carbonyl (C=O) groups excluding carboxylic acids is 1. The molecule has 0 saturated carbocycles. The van der Waals surface area contributed by atoms with Crippen molar-refractivity contribution in [3.63, 3.8) is 0 Å². The van der Waals surface area contributed by atoms with E-state index >= 15 is 0 Å². The van der Waals surface area contributed by atoms with Crippen molar-refractivity contribution in [2.75, 3.05) is 26.4 Å². The van der Waals surface area contributed by atoms with Gasteiger partial charge in [-0.05, 0) is 12.8 Å². The number of ether oxygens (including phenoxy) is 1. The molecule has 0 aromatic rings. The van der Waals surface area contributed by atoms with Gasteiger partial charge in [-0.2, -0.15) is 5.26 Å². The summed E-state index contributed by atoms with van der Waals surface area (Å²) in [5.41, 5.74) is 0. The lowest BCUT2D eigenvalue weighted by atomic mass is 10.1. The van der Waals surface area contributed by atoms with Gasteiger partial charge in [0, 0.05) is 13.2 Å². The van der Waals surface area contributed by atoms with Crippen LogP contribution in [-0.2, 0) is 9.53 Å². The van der Waals surface area contributed by atoms with Crippen LogP contribution < -0.4 is 5.32 Å². The first-order chi connectivity index (χ1) is 7.26. The summed E-state index contributed by atoms with van der Waals surface area (Å²) in [6.07, 6.45) is 1.22. The lowest BCUT2D eigenvalue weighted by molar-refractivity contribution is -0.123. The Bertz CT molecular complexity index is 213. The first-order valence-corrected chi connectivity index (χ1v) is 5.12. The summed E-state index contributed by atoms with van der Waals surface area (Å²) in [5, 5.41) is 19.7. The van der Waals surface area contributed by atoms with Crippen LogP contribution in [0.5, 0.6) is 0 Å². The van der Waals surface area contributed by atoms with Gasteiger partial charge in [0.25, 0.3) is 0 Å². The molecule has 0 fully saturated rings. The Kier molecular flexibility index (Phi) is 8.73. The topological polar surface area (TPSA) is 82.4 Å². The smallest absolute Gasteiger partial charge is 0.237 e. The molecule has 0 rings (SSSR count). The molecule has 0 spiro atoms. The molecule has 5 heteroatoms. The van der Waals surface area contributed by atoms with Crippen molar-refractivity contribution in [1.82, 2.24) is 5.32 Å². The maximum absolute atomic E-state index is 11.3. The number of nitrogens with one attached hydrogen (secondary N) is 1. The molecular formula is C10H18N2O3. The molecule has 15 heavy (non-hydrogen) atoms. The van der Waals surface area contributed by atoms with Crippen molar-refractivity contribution in [2.24, 2.45) is 5.92 Å². The Labute approximate surface area is 90.0 Å². The minimum atomic E-state index is -0.552. The summed E-state index contributed by atoms with van der Waals surface area (Å²) in [6, 6.07) is 1.94. The second-order valence-electron chi connectivity index (χ2n) is 3.07. The number of nitriles is 1. The largest absolute Gasteiger partial charge is 0.394 e. The predicted molar refractivity (Wildman–Crippen MR) is 54.9 cm³/mol. The van der Waals surface area contributed by atoms with Crippen molar-refractivity contribution < 1.29 is 14.6 Å². The van der Waals surface area contributed by atoms with Gasteiger partial charge in [0.2, 0.25) is 5.91 Å². The molecule has 0 aromatic carbocycles. The Morgan fingerprint density at radius 3 is 2.87 bits per heavy atom. The van der Waals surface area contributed by atoms with E-state index in [0.29, 0.717) is 32.6 Å². The number of carbonyl (C=O) groups is 1. The number of hydrogen-bond donors (Lipinski definition) is 2. The van der Waals surface area contributed by atoms with E-state index in [-0.39, 0.29) is 12.5 Å². The van der Waals surface area contributed by atoms with Gasteiger partial charge in [-0.3, -0.25) is 4.79 Å². The number of aliphatic hydroxyl groups excluding tert-OH is 1.